The number of carbonyl (C=O) groups excluding carboxylic acids is 1. The first kappa shape index (κ1) is 20.5. The van der Waals surface area contributed by atoms with Crippen LogP contribution >= 0.6 is 0 Å². The van der Waals surface area contributed by atoms with Gasteiger partial charge in [0.25, 0.3) is 0 Å². The Kier molecular flexibility index (Phi) is 5.29. The molecule has 5 rings (SSSR count). The van der Waals surface area contributed by atoms with Crippen molar-refractivity contribution in [1.82, 2.24) is 14.8 Å². The predicted molar refractivity (Wildman–Crippen MR) is 125 cm³/mol. The van der Waals surface area contributed by atoms with E-state index in [0.717, 1.165) is 41.0 Å². The molecule has 2 aromatic carbocycles. The number of allylic oxidation sites excluding steroid dienone is 2. The number of Topliss-reactive ketones (excluding diaryl/α,β-unsaturated/α-hetero) is 1. The number of rotatable bonds is 5. The third kappa shape index (κ3) is 3.60. The molecule has 1 aromatic heterocycles. The van der Waals surface area contributed by atoms with Gasteiger partial charge in [-0.1, -0.05) is 38.1 Å². The second-order valence-corrected chi connectivity index (χ2v) is 8.68. The number of fused-ring (bicyclic) bond motifs is 1. The summed E-state index contributed by atoms with van der Waals surface area (Å²) >= 11 is 0. The number of hydrogen-bond acceptors (Lipinski definition) is 5. The molecule has 6 nitrogen and oxygen atoms in total. The standard InChI is InChI=1S/C26H28N4O2/c1-4-32-20-14-12-19(13-15-20)25-28-26-27-21-6-5-7-22(31)23(21)24(30(26)29-25)18-10-8-17(9-11-18)16(2)3/h8-16,24H,4-7H2,1-3H3,(H,27,28,29). The topological polar surface area (TPSA) is 69.0 Å². The van der Waals surface area contributed by atoms with Crippen molar-refractivity contribution in [2.45, 2.75) is 52.0 Å². The van der Waals surface area contributed by atoms with Crippen molar-refractivity contribution < 1.29 is 9.53 Å². The first-order valence-corrected chi connectivity index (χ1v) is 11.4. The molecule has 0 amide bonds. The fourth-order valence-electron chi connectivity index (χ4n) is 4.52. The van der Waals surface area contributed by atoms with E-state index < -0.39 is 0 Å². The van der Waals surface area contributed by atoms with Crippen molar-refractivity contribution in [2.24, 2.45) is 0 Å². The predicted octanol–water partition coefficient (Wildman–Crippen LogP) is 5.49. The summed E-state index contributed by atoms with van der Waals surface area (Å²) in [6.45, 7) is 6.96. The summed E-state index contributed by atoms with van der Waals surface area (Å²) in [6.07, 6.45) is 2.30. The van der Waals surface area contributed by atoms with Crippen molar-refractivity contribution in [1.29, 1.82) is 0 Å². The molecular formula is C26H28N4O2. The van der Waals surface area contributed by atoms with Gasteiger partial charge in [-0.25, -0.2) is 4.68 Å². The fourth-order valence-corrected chi connectivity index (χ4v) is 4.52. The molecule has 1 atom stereocenters. The maximum Gasteiger partial charge on any atom is 0.226 e. The average Bonchev–Trinajstić information content (AvgIpc) is 3.22. The summed E-state index contributed by atoms with van der Waals surface area (Å²) in [4.78, 5) is 17.8. The normalized spacial score (nSPS) is 17.8. The Bertz CT molecular complexity index is 1170. The molecule has 3 aromatic rings. The number of ether oxygens (including phenoxy) is 1. The minimum atomic E-state index is -0.265. The third-order valence-corrected chi connectivity index (χ3v) is 6.21. The highest BCUT2D eigenvalue weighted by Crippen LogP contribution is 2.41. The Morgan fingerprint density at radius 3 is 2.53 bits per heavy atom. The molecule has 32 heavy (non-hydrogen) atoms. The van der Waals surface area contributed by atoms with Crippen LogP contribution in [0, 0.1) is 0 Å². The molecule has 0 saturated carbocycles. The highest BCUT2D eigenvalue weighted by molar-refractivity contribution is 5.99. The van der Waals surface area contributed by atoms with E-state index in [0.29, 0.717) is 30.7 Å². The van der Waals surface area contributed by atoms with Crippen LogP contribution < -0.4 is 10.1 Å². The summed E-state index contributed by atoms with van der Waals surface area (Å²) in [6, 6.07) is 16.1. The maximum absolute atomic E-state index is 13.0. The SMILES string of the molecule is CCOc1ccc(-c2nc3n(n2)C(c2ccc(C(C)C)cc2)C2=C(CCCC2=O)N3)cc1. The number of hydrogen-bond donors (Lipinski definition) is 1. The van der Waals surface area contributed by atoms with Crippen LogP contribution in [-0.4, -0.2) is 27.2 Å². The zero-order valence-corrected chi connectivity index (χ0v) is 18.8. The molecule has 6 heteroatoms. The van der Waals surface area contributed by atoms with Crippen molar-refractivity contribution in [3.05, 3.63) is 70.9 Å². The van der Waals surface area contributed by atoms with E-state index in [1.807, 2.05) is 35.9 Å². The second kappa shape index (κ2) is 8.26. The third-order valence-electron chi connectivity index (χ3n) is 6.21. The van der Waals surface area contributed by atoms with Crippen molar-refractivity contribution in [3.63, 3.8) is 0 Å². The highest BCUT2D eigenvalue weighted by atomic mass is 16.5. The molecule has 1 N–H and O–H groups in total. The summed E-state index contributed by atoms with van der Waals surface area (Å²) in [5.74, 6) is 2.79. The lowest BCUT2D eigenvalue weighted by Crippen LogP contribution is -2.31. The van der Waals surface area contributed by atoms with Gasteiger partial charge in [0.2, 0.25) is 5.95 Å². The molecule has 0 fully saturated rings. The molecule has 0 spiro atoms. The van der Waals surface area contributed by atoms with E-state index in [-0.39, 0.29) is 11.8 Å². The number of aromatic nitrogens is 3. The monoisotopic (exact) mass is 428 g/mol. The number of carbonyl (C=O) groups is 1. The Morgan fingerprint density at radius 2 is 1.84 bits per heavy atom. The molecule has 1 unspecified atom stereocenters. The smallest absolute Gasteiger partial charge is 0.226 e. The zero-order valence-electron chi connectivity index (χ0n) is 18.8. The fraction of sp³-hybridized carbons (Fsp3) is 0.346. The van der Waals surface area contributed by atoms with E-state index in [9.17, 15) is 4.79 Å². The molecule has 164 valence electrons. The number of nitrogens with zero attached hydrogens (tertiary/aromatic N) is 3. The summed E-state index contributed by atoms with van der Waals surface area (Å²) in [5, 5.41) is 8.26. The van der Waals surface area contributed by atoms with E-state index in [1.165, 1.54) is 5.56 Å². The number of ketones is 1. The summed E-state index contributed by atoms with van der Waals surface area (Å²) in [5.41, 5.74) is 5.06. The number of anilines is 1. The Hall–Kier alpha value is -3.41. The highest BCUT2D eigenvalue weighted by Gasteiger charge is 2.36. The Morgan fingerprint density at radius 1 is 1.09 bits per heavy atom. The van der Waals surface area contributed by atoms with Gasteiger partial charge in [0.05, 0.1) is 6.61 Å². The maximum atomic E-state index is 13.0. The Labute approximate surface area is 188 Å². The van der Waals surface area contributed by atoms with Gasteiger partial charge in [-0.2, -0.15) is 4.98 Å². The van der Waals surface area contributed by atoms with Gasteiger partial charge in [0.15, 0.2) is 11.6 Å². The van der Waals surface area contributed by atoms with E-state index >= 15 is 0 Å². The van der Waals surface area contributed by atoms with Crippen LogP contribution in [0.1, 0.15) is 63.1 Å². The van der Waals surface area contributed by atoms with Crippen LogP contribution in [0.3, 0.4) is 0 Å². The first-order valence-electron chi connectivity index (χ1n) is 11.4. The van der Waals surface area contributed by atoms with Crippen molar-refractivity contribution >= 4 is 11.7 Å². The van der Waals surface area contributed by atoms with Gasteiger partial charge in [-0.3, -0.25) is 4.79 Å². The number of nitrogens with one attached hydrogen (secondary N) is 1. The molecule has 0 bridgehead atoms. The molecule has 1 aliphatic heterocycles. The molecule has 2 heterocycles. The molecule has 0 saturated heterocycles. The van der Waals surface area contributed by atoms with Crippen molar-refractivity contribution in [2.75, 3.05) is 11.9 Å². The van der Waals surface area contributed by atoms with E-state index in [2.05, 4.69) is 43.4 Å². The average molecular weight is 429 g/mol. The number of benzene rings is 2. The van der Waals surface area contributed by atoms with Gasteiger partial charge in [0, 0.05) is 23.3 Å². The van der Waals surface area contributed by atoms with Gasteiger partial charge >= 0.3 is 0 Å². The second-order valence-electron chi connectivity index (χ2n) is 8.68. The van der Waals surface area contributed by atoms with E-state index in [4.69, 9.17) is 14.8 Å². The molecular weight excluding hydrogens is 400 g/mol. The van der Waals surface area contributed by atoms with Crippen LogP contribution in [0.25, 0.3) is 11.4 Å². The van der Waals surface area contributed by atoms with Crippen LogP contribution in [0.5, 0.6) is 5.75 Å². The van der Waals surface area contributed by atoms with Gasteiger partial charge < -0.3 is 10.1 Å². The Balaban J connectivity index is 1.58. The summed E-state index contributed by atoms with van der Waals surface area (Å²) < 4.78 is 7.43. The first-order chi connectivity index (χ1) is 15.5. The van der Waals surface area contributed by atoms with Gasteiger partial charge in [0.1, 0.15) is 11.8 Å². The quantitative estimate of drug-likeness (QED) is 0.582. The largest absolute Gasteiger partial charge is 0.494 e. The van der Waals surface area contributed by atoms with E-state index in [1.54, 1.807) is 0 Å². The molecule has 1 aliphatic carbocycles. The van der Waals surface area contributed by atoms with Gasteiger partial charge in [-0.05, 0) is 61.1 Å². The minimum absolute atomic E-state index is 0.195. The lowest BCUT2D eigenvalue weighted by Gasteiger charge is -2.32. The summed E-state index contributed by atoms with van der Waals surface area (Å²) in [7, 11) is 0. The van der Waals surface area contributed by atoms with Crippen LogP contribution in [0.2, 0.25) is 0 Å². The zero-order chi connectivity index (χ0) is 22.2. The van der Waals surface area contributed by atoms with Crippen LogP contribution in [0.15, 0.2) is 59.8 Å². The molecule has 0 radical (unpaired) electrons. The lowest BCUT2D eigenvalue weighted by molar-refractivity contribution is -0.116. The van der Waals surface area contributed by atoms with Crippen LogP contribution in [-0.2, 0) is 4.79 Å². The minimum Gasteiger partial charge on any atom is -0.494 e. The van der Waals surface area contributed by atoms with Gasteiger partial charge in [-0.15, -0.1) is 5.10 Å². The lowest BCUT2D eigenvalue weighted by atomic mass is 9.85. The van der Waals surface area contributed by atoms with Crippen LogP contribution in [0.4, 0.5) is 5.95 Å². The van der Waals surface area contributed by atoms with Crippen molar-refractivity contribution in [3.8, 4) is 17.1 Å². The molecule has 2 aliphatic rings.